The molecule has 3 aromatic rings. The SMILES string of the molecule is O=C(O)CCC(=O)Nc1ccc2nc(-c3ccco3)cn2c1. The van der Waals surface area contributed by atoms with Gasteiger partial charge >= 0.3 is 5.97 Å². The highest BCUT2D eigenvalue weighted by molar-refractivity contribution is 5.92. The third-order valence-electron chi connectivity index (χ3n) is 3.07. The number of fused-ring (bicyclic) bond motifs is 1. The number of rotatable bonds is 5. The van der Waals surface area contributed by atoms with Crippen molar-refractivity contribution in [1.82, 2.24) is 9.38 Å². The Morgan fingerprint density at radius 3 is 2.82 bits per heavy atom. The Balaban J connectivity index is 1.78. The van der Waals surface area contributed by atoms with Gasteiger partial charge in [0.15, 0.2) is 5.76 Å². The van der Waals surface area contributed by atoms with E-state index in [1.165, 1.54) is 0 Å². The molecule has 0 saturated carbocycles. The molecule has 1 amide bonds. The van der Waals surface area contributed by atoms with Gasteiger partial charge in [-0.05, 0) is 24.3 Å². The molecule has 0 aromatic carbocycles. The predicted octanol–water partition coefficient (Wildman–Crippen LogP) is 2.40. The number of carboxylic acids is 1. The molecule has 3 heterocycles. The average Bonchev–Trinajstić information content (AvgIpc) is 3.13. The molecule has 22 heavy (non-hydrogen) atoms. The van der Waals surface area contributed by atoms with E-state index < -0.39 is 5.97 Å². The van der Waals surface area contributed by atoms with E-state index in [4.69, 9.17) is 9.52 Å². The number of carbonyl (C=O) groups is 2. The molecule has 3 aromatic heterocycles. The normalized spacial score (nSPS) is 10.7. The topological polar surface area (TPSA) is 96.8 Å². The summed E-state index contributed by atoms with van der Waals surface area (Å²) < 4.78 is 7.07. The van der Waals surface area contributed by atoms with Crippen molar-refractivity contribution >= 4 is 23.2 Å². The second-order valence-corrected chi connectivity index (χ2v) is 4.73. The fourth-order valence-electron chi connectivity index (χ4n) is 2.05. The number of imidazole rings is 1. The van der Waals surface area contributed by atoms with E-state index in [9.17, 15) is 9.59 Å². The van der Waals surface area contributed by atoms with Crippen LogP contribution in [0.5, 0.6) is 0 Å². The van der Waals surface area contributed by atoms with Gasteiger partial charge in [0.1, 0.15) is 11.3 Å². The first kappa shape index (κ1) is 13.9. The number of pyridine rings is 1. The summed E-state index contributed by atoms with van der Waals surface area (Å²) in [5.41, 5.74) is 1.99. The minimum atomic E-state index is -0.997. The summed E-state index contributed by atoms with van der Waals surface area (Å²) in [4.78, 5) is 26.5. The smallest absolute Gasteiger partial charge is 0.303 e. The zero-order valence-corrected chi connectivity index (χ0v) is 11.5. The Hall–Kier alpha value is -3.09. The lowest BCUT2D eigenvalue weighted by Crippen LogP contribution is -2.13. The van der Waals surface area contributed by atoms with Crippen molar-refractivity contribution in [1.29, 1.82) is 0 Å². The number of hydrogen-bond acceptors (Lipinski definition) is 4. The second kappa shape index (κ2) is 5.72. The fourth-order valence-corrected chi connectivity index (χ4v) is 2.05. The maximum absolute atomic E-state index is 11.6. The lowest BCUT2D eigenvalue weighted by molar-refractivity contribution is -0.138. The van der Waals surface area contributed by atoms with Crippen LogP contribution in [0.2, 0.25) is 0 Å². The molecule has 0 saturated heterocycles. The molecule has 0 bridgehead atoms. The second-order valence-electron chi connectivity index (χ2n) is 4.73. The lowest BCUT2D eigenvalue weighted by Gasteiger charge is -2.04. The number of hydrogen-bond donors (Lipinski definition) is 2. The van der Waals surface area contributed by atoms with Crippen molar-refractivity contribution in [2.45, 2.75) is 12.8 Å². The summed E-state index contributed by atoms with van der Waals surface area (Å²) in [5.74, 6) is -0.674. The highest BCUT2D eigenvalue weighted by Gasteiger charge is 2.09. The summed E-state index contributed by atoms with van der Waals surface area (Å²) >= 11 is 0. The molecular weight excluding hydrogens is 286 g/mol. The van der Waals surface area contributed by atoms with Gasteiger partial charge in [0.05, 0.1) is 18.4 Å². The maximum atomic E-state index is 11.6. The third kappa shape index (κ3) is 2.98. The number of nitrogens with one attached hydrogen (secondary N) is 1. The zero-order chi connectivity index (χ0) is 15.5. The van der Waals surface area contributed by atoms with Gasteiger partial charge in [-0.2, -0.15) is 0 Å². The van der Waals surface area contributed by atoms with Crippen LogP contribution in [0, 0.1) is 0 Å². The van der Waals surface area contributed by atoms with Crippen LogP contribution in [0.3, 0.4) is 0 Å². The van der Waals surface area contributed by atoms with E-state index in [1.807, 2.05) is 6.07 Å². The monoisotopic (exact) mass is 299 g/mol. The molecule has 0 atom stereocenters. The number of nitrogens with zero attached hydrogens (tertiary/aromatic N) is 2. The predicted molar refractivity (Wildman–Crippen MR) is 78.4 cm³/mol. The van der Waals surface area contributed by atoms with Crippen LogP contribution < -0.4 is 5.32 Å². The average molecular weight is 299 g/mol. The summed E-state index contributed by atoms with van der Waals surface area (Å²) in [6.07, 6.45) is 4.83. The van der Waals surface area contributed by atoms with Crippen molar-refractivity contribution in [3.8, 4) is 11.5 Å². The molecule has 0 fully saturated rings. The largest absolute Gasteiger partial charge is 0.481 e. The quantitative estimate of drug-likeness (QED) is 0.754. The Labute approximate surface area is 125 Å². The molecule has 0 unspecified atom stereocenters. The Bertz CT molecular complexity index is 821. The van der Waals surface area contributed by atoms with E-state index in [2.05, 4.69) is 10.3 Å². The molecule has 0 aliphatic rings. The van der Waals surface area contributed by atoms with Crippen LogP contribution in [0.4, 0.5) is 5.69 Å². The van der Waals surface area contributed by atoms with Crippen LogP contribution in [0.15, 0.2) is 47.3 Å². The molecule has 7 heteroatoms. The zero-order valence-electron chi connectivity index (χ0n) is 11.5. The first-order chi connectivity index (χ1) is 10.6. The fraction of sp³-hybridized carbons (Fsp3) is 0.133. The molecule has 0 aliphatic carbocycles. The first-order valence-corrected chi connectivity index (χ1v) is 6.66. The van der Waals surface area contributed by atoms with Crippen molar-refractivity contribution in [3.05, 3.63) is 42.9 Å². The van der Waals surface area contributed by atoms with Gasteiger partial charge in [-0.25, -0.2) is 4.98 Å². The summed E-state index contributed by atoms with van der Waals surface area (Å²) in [7, 11) is 0. The molecule has 0 spiro atoms. The summed E-state index contributed by atoms with van der Waals surface area (Å²) in [5, 5.41) is 11.2. The van der Waals surface area contributed by atoms with Gasteiger partial charge in [0.25, 0.3) is 0 Å². The van der Waals surface area contributed by atoms with E-state index in [0.29, 0.717) is 17.1 Å². The minimum Gasteiger partial charge on any atom is -0.481 e. The molecule has 7 nitrogen and oxygen atoms in total. The lowest BCUT2D eigenvalue weighted by atomic mass is 10.3. The molecule has 0 radical (unpaired) electrons. The van der Waals surface area contributed by atoms with Crippen molar-refractivity contribution in [2.75, 3.05) is 5.32 Å². The van der Waals surface area contributed by atoms with Gasteiger partial charge < -0.3 is 19.2 Å². The van der Waals surface area contributed by atoms with Gasteiger partial charge in [0.2, 0.25) is 5.91 Å². The molecule has 2 N–H and O–H groups in total. The van der Waals surface area contributed by atoms with E-state index in [0.717, 1.165) is 5.65 Å². The first-order valence-electron chi connectivity index (χ1n) is 6.66. The summed E-state index contributed by atoms with van der Waals surface area (Å²) in [6.45, 7) is 0. The molecule has 112 valence electrons. The Kier molecular flexibility index (Phi) is 3.61. The number of carboxylic acid groups (broad SMARTS) is 1. The number of anilines is 1. The number of carbonyl (C=O) groups excluding carboxylic acids is 1. The number of furan rings is 1. The minimum absolute atomic E-state index is 0.0606. The number of aliphatic carboxylic acids is 1. The standard InChI is InChI=1S/C15H13N3O4/c19-14(5-6-15(20)21)16-10-3-4-13-17-11(9-18(13)8-10)12-2-1-7-22-12/h1-4,7-9H,5-6H2,(H,16,19)(H,20,21). The van der Waals surface area contributed by atoms with Crippen LogP contribution in [0.1, 0.15) is 12.8 Å². The molecule has 0 aliphatic heterocycles. The van der Waals surface area contributed by atoms with E-state index in [1.54, 1.807) is 41.3 Å². The van der Waals surface area contributed by atoms with Crippen LogP contribution in [0.25, 0.3) is 17.1 Å². The van der Waals surface area contributed by atoms with Crippen LogP contribution >= 0.6 is 0 Å². The molecular formula is C15H13N3O4. The summed E-state index contributed by atoms with van der Waals surface area (Å²) in [6, 6.07) is 7.08. The van der Waals surface area contributed by atoms with Gasteiger partial charge in [-0.15, -0.1) is 0 Å². The van der Waals surface area contributed by atoms with Gasteiger partial charge in [-0.1, -0.05) is 0 Å². The van der Waals surface area contributed by atoms with Crippen molar-refractivity contribution in [2.24, 2.45) is 0 Å². The third-order valence-corrected chi connectivity index (χ3v) is 3.07. The Morgan fingerprint density at radius 2 is 2.09 bits per heavy atom. The highest BCUT2D eigenvalue weighted by Crippen LogP contribution is 2.20. The Morgan fingerprint density at radius 1 is 1.23 bits per heavy atom. The van der Waals surface area contributed by atoms with Gasteiger partial charge in [0, 0.05) is 18.8 Å². The van der Waals surface area contributed by atoms with Crippen LogP contribution in [-0.4, -0.2) is 26.4 Å². The van der Waals surface area contributed by atoms with E-state index in [-0.39, 0.29) is 18.7 Å². The van der Waals surface area contributed by atoms with E-state index >= 15 is 0 Å². The maximum Gasteiger partial charge on any atom is 0.303 e. The van der Waals surface area contributed by atoms with Crippen molar-refractivity contribution in [3.63, 3.8) is 0 Å². The number of amides is 1. The molecule has 3 rings (SSSR count). The van der Waals surface area contributed by atoms with Crippen molar-refractivity contribution < 1.29 is 19.1 Å². The highest BCUT2D eigenvalue weighted by atomic mass is 16.4. The van der Waals surface area contributed by atoms with Crippen LogP contribution in [-0.2, 0) is 9.59 Å². The van der Waals surface area contributed by atoms with Gasteiger partial charge in [-0.3, -0.25) is 9.59 Å². The number of aromatic nitrogens is 2.